The number of nitrogens with one attached hydrogen (secondary N) is 1. The van der Waals surface area contributed by atoms with Crippen molar-refractivity contribution in [2.24, 2.45) is 5.73 Å². The second kappa shape index (κ2) is 6.85. The van der Waals surface area contributed by atoms with Gasteiger partial charge in [0.15, 0.2) is 0 Å². The van der Waals surface area contributed by atoms with Gasteiger partial charge in [0, 0.05) is 19.6 Å². The lowest BCUT2D eigenvalue weighted by atomic mass is 10.1. The summed E-state index contributed by atoms with van der Waals surface area (Å²) in [4.78, 5) is 20.6. The van der Waals surface area contributed by atoms with Gasteiger partial charge >= 0.3 is 0 Å². The summed E-state index contributed by atoms with van der Waals surface area (Å²) in [6.45, 7) is 4.01. The van der Waals surface area contributed by atoms with E-state index in [0.29, 0.717) is 22.5 Å². The number of nitrogens with two attached hydrogens (primary N) is 1. The van der Waals surface area contributed by atoms with E-state index in [0.717, 1.165) is 17.7 Å². The number of halogens is 1. The van der Waals surface area contributed by atoms with Gasteiger partial charge in [-0.15, -0.1) is 0 Å². The van der Waals surface area contributed by atoms with E-state index in [1.54, 1.807) is 0 Å². The van der Waals surface area contributed by atoms with Gasteiger partial charge in [0.05, 0.1) is 6.33 Å². The summed E-state index contributed by atoms with van der Waals surface area (Å²) in [6.07, 6.45) is 1.44. The molecule has 1 heterocycles. The van der Waals surface area contributed by atoms with Crippen LogP contribution in [0.15, 0.2) is 35.4 Å². The van der Waals surface area contributed by atoms with E-state index in [1.807, 2.05) is 47.7 Å². The normalized spacial score (nSPS) is 10.6. The van der Waals surface area contributed by atoms with Gasteiger partial charge in [0.25, 0.3) is 5.56 Å². The Morgan fingerprint density at radius 1 is 1.35 bits per heavy atom. The number of nitrogens with zero attached hydrogens (tertiary/aromatic N) is 2. The molecule has 0 aliphatic heterocycles. The van der Waals surface area contributed by atoms with Crippen molar-refractivity contribution < 1.29 is 0 Å². The molecule has 1 aromatic heterocycles. The molecule has 0 fully saturated rings. The van der Waals surface area contributed by atoms with Gasteiger partial charge in [-0.2, -0.15) is 0 Å². The Bertz CT molecular complexity index is 641. The van der Waals surface area contributed by atoms with Crippen LogP contribution in [0.2, 0.25) is 0 Å². The van der Waals surface area contributed by atoms with E-state index in [-0.39, 0.29) is 5.56 Å². The minimum Gasteiger partial charge on any atom is -0.351 e. The minimum absolute atomic E-state index is 0.110. The van der Waals surface area contributed by atoms with E-state index in [4.69, 9.17) is 5.73 Å². The highest BCUT2D eigenvalue weighted by Crippen LogP contribution is 2.19. The van der Waals surface area contributed by atoms with Crippen LogP contribution in [0.1, 0.15) is 18.1 Å². The molecule has 0 bridgehead atoms. The maximum absolute atomic E-state index is 11.7. The summed E-state index contributed by atoms with van der Waals surface area (Å²) in [5.41, 5.74) is 7.94. The van der Waals surface area contributed by atoms with E-state index in [2.05, 4.69) is 20.9 Å². The molecule has 0 amide bonds. The Morgan fingerprint density at radius 3 is 2.70 bits per heavy atom. The second-order valence-corrected chi connectivity index (χ2v) is 5.44. The second-order valence-electron chi connectivity index (χ2n) is 4.36. The maximum atomic E-state index is 11.7. The number of aromatic amines is 1. The Labute approximate surface area is 131 Å². The smallest absolute Gasteiger partial charge is 0.266 e. The molecular formula is C14H17IN4O. The Kier molecular flexibility index (Phi) is 5.13. The lowest BCUT2D eigenvalue weighted by molar-refractivity contribution is 0.794. The molecule has 106 valence electrons. The molecular weight excluding hydrogens is 367 g/mol. The third kappa shape index (κ3) is 3.18. The van der Waals surface area contributed by atoms with Crippen LogP contribution in [0.5, 0.6) is 0 Å². The molecule has 1 aromatic carbocycles. The number of hydrogen-bond donors (Lipinski definition) is 2. The van der Waals surface area contributed by atoms with Crippen LogP contribution in [0.25, 0.3) is 0 Å². The Balaban J connectivity index is 2.34. The molecule has 0 spiro atoms. The molecule has 0 saturated carbocycles. The largest absolute Gasteiger partial charge is 0.351 e. The highest BCUT2D eigenvalue weighted by molar-refractivity contribution is 14.1. The number of anilines is 1. The topological polar surface area (TPSA) is 75.0 Å². The molecule has 20 heavy (non-hydrogen) atoms. The third-order valence-corrected chi connectivity index (χ3v) is 4.13. The van der Waals surface area contributed by atoms with Crippen molar-refractivity contribution >= 4 is 28.4 Å². The lowest BCUT2D eigenvalue weighted by Gasteiger charge is -2.23. The molecule has 0 aliphatic carbocycles. The highest BCUT2D eigenvalue weighted by atomic mass is 127. The summed E-state index contributed by atoms with van der Waals surface area (Å²) in [5.74, 6) is 0.712. The molecule has 6 heteroatoms. The quantitative estimate of drug-likeness (QED) is 0.772. The first kappa shape index (κ1) is 15.0. The summed E-state index contributed by atoms with van der Waals surface area (Å²) in [7, 11) is 0. The molecule has 0 aliphatic rings. The van der Waals surface area contributed by atoms with Crippen LogP contribution in [-0.2, 0) is 13.1 Å². The van der Waals surface area contributed by atoms with Gasteiger partial charge in [-0.25, -0.2) is 4.98 Å². The van der Waals surface area contributed by atoms with Crippen molar-refractivity contribution in [2.45, 2.75) is 20.0 Å². The SMILES string of the molecule is CCN(Cc1ccccc1CN)c1nc[nH]c(=O)c1I. The molecule has 0 saturated heterocycles. The molecule has 5 nitrogen and oxygen atoms in total. The zero-order chi connectivity index (χ0) is 14.5. The molecule has 0 radical (unpaired) electrons. The van der Waals surface area contributed by atoms with Crippen LogP contribution in [0, 0.1) is 3.57 Å². The summed E-state index contributed by atoms with van der Waals surface area (Å²) in [6, 6.07) is 8.07. The number of hydrogen-bond acceptors (Lipinski definition) is 4. The number of H-pyrrole nitrogens is 1. The highest BCUT2D eigenvalue weighted by Gasteiger charge is 2.14. The fourth-order valence-electron chi connectivity index (χ4n) is 2.05. The fraction of sp³-hybridized carbons (Fsp3) is 0.286. The maximum Gasteiger partial charge on any atom is 0.266 e. The predicted octanol–water partition coefficient (Wildman–Crippen LogP) is 1.86. The monoisotopic (exact) mass is 384 g/mol. The lowest BCUT2D eigenvalue weighted by Crippen LogP contribution is -2.27. The molecule has 2 aromatic rings. The van der Waals surface area contributed by atoms with E-state index >= 15 is 0 Å². The van der Waals surface area contributed by atoms with E-state index in [9.17, 15) is 4.79 Å². The van der Waals surface area contributed by atoms with Crippen LogP contribution < -0.4 is 16.2 Å². The Hall–Kier alpha value is -1.41. The first-order valence-corrected chi connectivity index (χ1v) is 7.50. The first-order chi connectivity index (χ1) is 9.67. The summed E-state index contributed by atoms with van der Waals surface area (Å²) in [5, 5.41) is 0. The zero-order valence-electron chi connectivity index (χ0n) is 11.3. The van der Waals surface area contributed by atoms with Crippen molar-refractivity contribution in [3.8, 4) is 0 Å². The van der Waals surface area contributed by atoms with Gasteiger partial charge in [-0.1, -0.05) is 24.3 Å². The zero-order valence-corrected chi connectivity index (χ0v) is 13.4. The third-order valence-electron chi connectivity index (χ3n) is 3.16. The van der Waals surface area contributed by atoms with Crippen LogP contribution in [-0.4, -0.2) is 16.5 Å². The predicted molar refractivity (Wildman–Crippen MR) is 88.6 cm³/mol. The number of benzene rings is 1. The molecule has 3 N–H and O–H groups in total. The van der Waals surface area contributed by atoms with Crippen molar-refractivity contribution in [2.75, 3.05) is 11.4 Å². The van der Waals surface area contributed by atoms with Gasteiger partial charge in [-0.05, 0) is 40.6 Å². The van der Waals surface area contributed by atoms with Gasteiger partial charge in [-0.3, -0.25) is 4.79 Å². The van der Waals surface area contributed by atoms with Crippen molar-refractivity contribution in [1.82, 2.24) is 9.97 Å². The first-order valence-electron chi connectivity index (χ1n) is 6.42. The minimum atomic E-state index is -0.110. The van der Waals surface area contributed by atoms with E-state index < -0.39 is 0 Å². The average molecular weight is 384 g/mol. The van der Waals surface area contributed by atoms with Crippen molar-refractivity contribution in [3.63, 3.8) is 0 Å². The van der Waals surface area contributed by atoms with Crippen molar-refractivity contribution in [1.29, 1.82) is 0 Å². The molecule has 2 rings (SSSR count). The van der Waals surface area contributed by atoms with Crippen molar-refractivity contribution in [3.05, 3.63) is 55.6 Å². The Morgan fingerprint density at radius 2 is 2.05 bits per heavy atom. The average Bonchev–Trinajstić information content (AvgIpc) is 2.48. The van der Waals surface area contributed by atoms with Crippen LogP contribution in [0.3, 0.4) is 0 Å². The summed E-state index contributed by atoms with van der Waals surface area (Å²) >= 11 is 2.03. The molecule has 0 unspecified atom stereocenters. The van der Waals surface area contributed by atoms with Crippen LogP contribution >= 0.6 is 22.6 Å². The van der Waals surface area contributed by atoms with Gasteiger partial charge < -0.3 is 15.6 Å². The number of rotatable bonds is 5. The van der Waals surface area contributed by atoms with Crippen LogP contribution in [0.4, 0.5) is 5.82 Å². The fourth-order valence-corrected chi connectivity index (χ4v) is 2.68. The summed E-state index contributed by atoms with van der Waals surface area (Å²) < 4.78 is 0.608. The number of aromatic nitrogens is 2. The van der Waals surface area contributed by atoms with Gasteiger partial charge in [0.1, 0.15) is 9.39 Å². The van der Waals surface area contributed by atoms with E-state index in [1.165, 1.54) is 6.33 Å². The van der Waals surface area contributed by atoms with Gasteiger partial charge in [0.2, 0.25) is 0 Å². The standard InChI is InChI=1S/C14H17IN4O/c1-2-19(13-12(15)14(20)18-9-17-13)8-11-6-4-3-5-10(11)7-16/h3-6,9H,2,7-8,16H2,1H3,(H,17,18,20). The molecule has 0 atom stereocenters.